The number of isocyanates is 1. The van der Waals surface area contributed by atoms with E-state index in [1.54, 1.807) is 68.7 Å². The van der Waals surface area contributed by atoms with Gasteiger partial charge in [0, 0.05) is 80.0 Å². The van der Waals surface area contributed by atoms with Crippen LogP contribution in [-0.2, 0) is 28.9 Å². The number of hydrogen-bond acceptors (Lipinski definition) is 16. The zero-order valence-electron chi connectivity index (χ0n) is 35.9. The highest BCUT2D eigenvalue weighted by molar-refractivity contribution is 6.40. The predicted molar refractivity (Wildman–Crippen MR) is 249 cm³/mol. The molecule has 2 aromatic heterocycles. The Morgan fingerprint density at radius 3 is 1.58 bits per heavy atom. The Bertz CT molecular complexity index is 2710. The minimum Gasteiger partial charge on any atom is -0.495 e. The van der Waals surface area contributed by atoms with Gasteiger partial charge < -0.3 is 24.3 Å². The van der Waals surface area contributed by atoms with Gasteiger partial charge in [-0.1, -0.05) is 82.8 Å². The number of para-hydroxylation sites is 2. The average Bonchev–Trinajstić information content (AvgIpc) is 3.32. The Morgan fingerprint density at radius 2 is 1.14 bits per heavy atom. The first kappa shape index (κ1) is 51.5. The van der Waals surface area contributed by atoms with Crippen LogP contribution >= 0.6 is 46.4 Å². The monoisotopic (exact) mass is 981 g/mol. The molecule has 0 fully saturated rings. The zero-order valence-corrected chi connectivity index (χ0v) is 38.9. The van der Waals surface area contributed by atoms with Gasteiger partial charge in [-0.3, -0.25) is 29.9 Å². The molecule has 0 bridgehead atoms. The number of aromatic nitrogens is 4. The second-order valence-electron chi connectivity index (χ2n) is 13.1. The summed E-state index contributed by atoms with van der Waals surface area (Å²) in [5.74, 6) is 1.99. The van der Waals surface area contributed by atoms with Crippen LogP contribution in [0, 0.1) is 20.2 Å². The van der Waals surface area contributed by atoms with E-state index in [2.05, 4.69) is 30.2 Å². The fourth-order valence-corrected chi connectivity index (χ4v) is 7.09. The normalized spacial score (nSPS) is 10.2. The van der Waals surface area contributed by atoms with Crippen LogP contribution in [0.1, 0.15) is 28.1 Å². The van der Waals surface area contributed by atoms with Crippen molar-refractivity contribution in [3.63, 3.8) is 0 Å². The van der Waals surface area contributed by atoms with Gasteiger partial charge in [0.25, 0.3) is 11.4 Å². The SMILES string of the molecule is CNc1cc(Cc2ccccc2[N+](=O)[O-])ncn1.COc1cc(OC)c(Cl)c(CC(=O)N(C)c2cc(Cc3ccccc3[N+](=O)[O-])ncn2)c1Cl.COc1cc(OC)c(Cl)c(N=C=O)c1Cl. The molecule has 0 aliphatic carbocycles. The Labute approximate surface area is 397 Å². The number of rotatable bonds is 15. The molecule has 19 nitrogen and oxygen atoms in total. The highest BCUT2D eigenvalue weighted by atomic mass is 35.5. The first-order valence-corrected chi connectivity index (χ1v) is 20.4. The van der Waals surface area contributed by atoms with E-state index in [-0.39, 0.29) is 60.8 Å². The number of anilines is 2. The molecule has 0 unspecified atom stereocenters. The number of likely N-dealkylation sites (N-methyl/N-ethyl adjacent to an activating group) is 1. The van der Waals surface area contributed by atoms with Crippen LogP contribution in [0.4, 0.5) is 28.7 Å². The summed E-state index contributed by atoms with van der Waals surface area (Å²) in [4.78, 5) is 65.7. The first-order chi connectivity index (χ1) is 31.6. The van der Waals surface area contributed by atoms with Crippen molar-refractivity contribution in [2.75, 3.05) is 52.8 Å². The molecular formula is C43H39Cl4N9O10. The van der Waals surface area contributed by atoms with Crippen LogP contribution in [0.2, 0.25) is 20.1 Å². The number of carbonyl (C=O) groups excluding carboxylic acids is 2. The lowest BCUT2D eigenvalue weighted by Gasteiger charge is -2.19. The highest BCUT2D eigenvalue weighted by Crippen LogP contribution is 2.45. The number of nitrogens with zero attached hydrogens (tertiary/aromatic N) is 8. The molecule has 1 amide bonds. The fraction of sp³-hybridized carbons (Fsp3) is 0.209. The second-order valence-corrected chi connectivity index (χ2v) is 14.6. The van der Waals surface area contributed by atoms with E-state index >= 15 is 0 Å². The van der Waals surface area contributed by atoms with Gasteiger partial charge in [-0.15, -0.1) is 0 Å². The van der Waals surface area contributed by atoms with Gasteiger partial charge in [-0.2, -0.15) is 4.99 Å². The topological polar surface area (TPSA) is 237 Å². The molecule has 0 saturated carbocycles. The molecule has 0 atom stereocenters. The number of carbonyl (C=O) groups is 1. The van der Waals surface area contributed by atoms with E-state index in [4.69, 9.17) is 65.4 Å². The molecule has 66 heavy (non-hydrogen) atoms. The average molecular weight is 984 g/mol. The Hall–Kier alpha value is -7.15. The lowest BCUT2D eigenvalue weighted by Crippen LogP contribution is -2.29. The number of aliphatic imine (C=N–C) groups is 1. The fourth-order valence-electron chi connectivity index (χ4n) is 5.87. The maximum Gasteiger partial charge on any atom is 0.272 e. The molecule has 0 aliphatic heterocycles. The van der Waals surface area contributed by atoms with Crippen LogP contribution in [0.15, 0.2) is 90.4 Å². The number of halogens is 4. The minimum absolute atomic E-state index is 0.00153. The van der Waals surface area contributed by atoms with E-state index in [0.29, 0.717) is 63.4 Å². The molecule has 6 aromatic rings. The molecule has 23 heteroatoms. The first-order valence-electron chi connectivity index (χ1n) is 18.9. The van der Waals surface area contributed by atoms with Gasteiger partial charge in [-0.25, -0.2) is 24.7 Å². The van der Waals surface area contributed by atoms with Gasteiger partial charge in [-0.05, 0) is 0 Å². The molecule has 0 radical (unpaired) electrons. The van der Waals surface area contributed by atoms with Crippen molar-refractivity contribution >= 4 is 87.1 Å². The standard InChI is InChI=1S/C22H20Cl2N4O5.C12H12N4O2.C9H7Cl2NO3/c1-27(20(29)10-15-21(23)17(32-2)11-18(33-3)22(15)24)19-9-14(25-12-26-19)8-13-6-4-5-7-16(13)28(30)31;1-13-12-7-10(14-8-15-12)6-9-4-2-3-5-11(9)16(17)18;1-14-5-3-6(15-2)8(11)9(7(5)10)12-4-13/h4-7,9,11-12H,8,10H2,1-3H3;2-5,7-8H,6H2,1H3,(H,13,14,15);3H,1-2H3. The summed E-state index contributed by atoms with van der Waals surface area (Å²) in [5, 5.41) is 25.8. The smallest absolute Gasteiger partial charge is 0.272 e. The van der Waals surface area contributed by atoms with Crippen LogP contribution in [0.25, 0.3) is 0 Å². The number of nitro benzene ring substituents is 2. The van der Waals surface area contributed by atoms with Crippen LogP contribution in [0.5, 0.6) is 23.0 Å². The molecule has 2 heterocycles. The van der Waals surface area contributed by atoms with Gasteiger partial charge in [0.1, 0.15) is 63.0 Å². The molecular weight excluding hydrogens is 944 g/mol. The van der Waals surface area contributed by atoms with Crippen molar-refractivity contribution < 1.29 is 38.4 Å². The molecule has 0 spiro atoms. The molecule has 344 valence electrons. The third-order valence-corrected chi connectivity index (χ3v) is 10.8. The van der Waals surface area contributed by atoms with Crippen molar-refractivity contribution in [2.24, 2.45) is 4.99 Å². The van der Waals surface area contributed by atoms with Crippen LogP contribution < -0.4 is 29.2 Å². The maximum atomic E-state index is 13.0. The minimum atomic E-state index is -0.441. The van der Waals surface area contributed by atoms with E-state index in [1.807, 2.05) is 0 Å². The molecule has 4 aromatic carbocycles. The number of hydrogen-bond donors (Lipinski definition) is 1. The predicted octanol–water partition coefficient (Wildman–Crippen LogP) is 9.50. The number of amides is 1. The number of ether oxygens (including phenoxy) is 4. The summed E-state index contributed by atoms with van der Waals surface area (Å²) in [5.41, 5.74) is 2.97. The lowest BCUT2D eigenvalue weighted by molar-refractivity contribution is -0.385. The van der Waals surface area contributed by atoms with Crippen molar-refractivity contribution in [3.05, 3.63) is 154 Å². The summed E-state index contributed by atoms with van der Waals surface area (Å²) in [6, 6.07) is 19.5. The van der Waals surface area contributed by atoms with E-state index in [1.165, 1.54) is 70.3 Å². The van der Waals surface area contributed by atoms with Crippen LogP contribution in [0.3, 0.4) is 0 Å². The maximum absolute atomic E-state index is 13.0. The zero-order chi connectivity index (χ0) is 48.5. The van der Waals surface area contributed by atoms with E-state index in [9.17, 15) is 29.8 Å². The molecule has 1 N–H and O–H groups in total. The summed E-state index contributed by atoms with van der Waals surface area (Å²) in [7, 11) is 9.08. The van der Waals surface area contributed by atoms with E-state index in [0.717, 1.165) is 5.69 Å². The molecule has 0 aliphatic rings. The van der Waals surface area contributed by atoms with Gasteiger partial charge >= 0.3 is 0 Å². The second kappa shape index (κ2) is 24.8. The summed E-state index contributed by atoms with van der Waals surface area (Å²) >= 11 is 24.5. The summed E-state index contributed by atoms with van der Waals surface area (Å²) in [6.45, 7) is 0. The van der Waals surface area contributed by atoms with E-state index < -0.39 is 4.92 Å². The van der Waals surface area contributed by atoms with Crippen LogP contribution in [-0.4, -0.2) is 84.3 Å². The number of nitrogens with one attached hydrogen (secondary N) is 1. The number of nitro groups is 2. The largest absolute Gasteiger partial charge is 0.495 e. The lowest BCUT2D eigenvalue weighted by atomic mass is 10.1. The van der Waals surface area contributed by atoms with Gasteiger partial charge in [0.2, 0.25) is 12.0 Å². The third-order valence-electron chi connectivity index (χ3n) is 9.23. The molecule has 0 saturated heterocycles. The van der Waals surface area contributed by atoms with Crippen molar-refractivity contribution in [1.82, 2.24) is 19.9 Å². The Morgan fingerprint density at radius 1 is 0.697 bits per heavy atom. The van der Waals surface area contributed by atoms with Crippen molar-refractivity contribution in [1.29, 1.82) is 0 Å². The van der Waals surface area contributed by atoms with Gasteiger partial charge in [0.15, 0.2) is 0 Å². The summed E-state index contributed by atoms with van der Waals surface area (Å²) in [6.07, 6.45) is 4.59. The third kappa shape index (κ3) is 13.2. The highest BCUT2D eigenvalue weighted by Gasteiger charge is 2.23. The van der Waals surface area contributed by atoms with Gasteiger partial charge in [0.05, 0.1) is 66.1 Å². The number of methoxy groups -OCH3 is 4. The Balaban J connectivity index is 0.000000242. The quantitative estimate of drug-likeness (QED) is 0.0436. The molecule has 6 rings (SSSR count). The van der Waals surface area contributed by atoms with Crippen molar-refractivity contribution in [2.45, 2.75) is 19.3 Å². The summed E-state index contributed by atoms with van der Waals surface area (Å²) < 4.78 is 20.4. The van der Waals surface area contributed by atoms with Crippen molar-refractivity contribution in [3.8, 4) is 23.0 Å². The Kier molecular flexibility index (Phi) is 19.3. The number of benzene rings is 4.